The first kappa shape index (κ1) is 21.5. The SMILES string of the molecule is CCOc1cccc(/C=N/NC(=O)c2cc(-c3ccccc3)nc(N3CCCCC3)n2)c1. The Morgan fingerprint density at radius 3 is 2.66 bits per heavy atom. The lowest BCUT2D eigenvalue weighted by Gasteiger charge is -2.27. The zero-order chi connectivity index (χ0) is 22.2. The fraction of sp³-hybridized carbons (Fsp3) is 0.280. The van der Waals surface area contributed by atoms with Gasteiger partial charge >= 0.3 is 0 Å². The van der Waals surface area contributed by atoms with Gasteiger partial charge in [-0.05, 0) is 49.9 Å². The van der Waals surface area contributed by atoms with Crippen molar-refractivity contribution in [3.05, 3.63) is 71.9 Å². The van der Waals surface area contributed by atoms with Crippen molar-refractivity contribution >= 4 is 18.1 Å². The van der Waals surface area contributed by atoms with Crippen molar-refractivity contribution in [3.63, 3.8) is 0 Å². The topological polar surface area (TPSA) is 79.7 Å². The molecule has 0 bridgehead atoms. The summed E-state index contributed by atoms with van der Waals surface area (Å²) in [5, 5.41) is 4.11. The minimum absolute atomic E-state index is 0.291. The van der Waals surface area contributed by atoms with Gasteiger partial charge in [-0.2, -0.15) is 5.10 Å². The van der Waals surface area contributed by atoms with Crippen molar-refractivity contribution in [3.8, 4) is 17.0 Å². The molecule has 1 N–H and O–H groups in total. The van der Waals surface area contributed by atoms with Gasteiger partial charge in [-0.25, -0.2) is 15.4 Å². The van der Waals surface area contributed by atoms with Crippen molar-refractivity contribution in [2.75, 3.05) is 24.6 Å². The van der Waals surface area contributed by atoms with E-state index in [9.17, 15) is 4.79 Å². The largest absolute Gasteiger partial charge is 0.494 e. The number of hydrogen-bond donors (Lipinski definition) is 1. The molecule has 164 valence electrons. The number of rotatable bonds is 7. The zero-order valence-electron chi connectivity index (χ0n) is 18.2. The molecule has 7 heteroatoms. The summed E-state index contributed by atoms with van der Waals surface area (Å²) in [4.78, 5) is 24.3. The van der Waals surface area contributed by atoms with Gasteiger partial charge in [-0.1, -0.05) is 42.5 Å². The quantitative estimate of drug-likeness (QED) is 0.448. The molecule has 0 spiro atoms. The van der Waals surface area contributed by atoms with Crippen molar-refractivity contribution in [2.24, 2.45) is 5.10 Å². The Labute approximate surface area is 188 Å². The molecule has 1 fully saturated rings. The van der Waals surface area contributed by atoms with Gasteiger partial charge in [0.2, 0.25) is 5.95 Å². The summed E-state index contributed by atoms with van der Waals surface area (Å²) in [6.45, 7) is 4.32. The van der Waals surface area contributed by atoms with Crippen LogP contribution >= 0.6 is 0 Å². The molecule has 0 aliphatic carbocycles. The van der Waals surface area contributed by atoms with Gasteiger partial charge in [0.25, 0.3) is 5.91 Å². The van der Waals surface area contributed by atoms with Crippen LogP contribution in [0, 0.1) is 0 Å². The van der Waals surface area contributed by atoms with Crippen LogP contribution < -0.4 is 15.1 Å². The van der Waals surface area contributed by atoms with E-state index in [1.807, 2.05) is 61.5 Å². The second kappa shape index (κ2) is 10.5. The van der Waals surface area contributed by atoms with Gasteiger partial charge in [0.1, 0.15) is 11.4 Å². The molecule has 1 amide bonds. The number of nitrogens with one attached hydrogen (secondary N) is 1. The second-order valence-electron chi connectivity index (χ2n) is 7.56. The Morgan fingerprint density at radius 2 is 1.88 bits per heavy atom. The molecule has 7 nitrogen and oxygen atoms in total. The van der Waals surface area contributed by atoms with Crippen LogP contribution in [-0.2, 0) is 0 Å². The summed E-state index contributed by atoms with van der Waals surface area (Å²) >= 11 is 0. The van der Waals surface area contributed by atoms with Crippen LogP contribution in [0.2, 0.25) is 0 Å². The van der Waals surface area contributed by atoms with Crippen molar-refractivity contribution in [2.45, 2.75) is 26.2 Å². The molecular weight excluding hydrogens is 402 g/mol. The molecule has 0 radical (unpaired) electrons. The normalized spacial score (nSPS) is 13.8. The Balaban J connectivity index is 1.55. The van der Waals surface area contributed by atoms with E-state index in [2.05, 4.69) is 20.4 Å². The first-order valence-electron chi connectivity index (χ1n) is 11.0. The lowest BCUT2D eigenvalue weighted by atomic mass is 10.1. The Kier molecular flexibility index (Phi) is 7.07. The van der Waals surface area contributed by atoms with Gasteiger partial charge in [-0.3, -0.25) is 4.79 Å². The van der Waals surface area contributed by atoms with E-state index >= 15 is 0 Å². The van der Waals surface area contributed by atoms with Gasteiger partial charge in [0, 0.05) is 18.7 Å². The van der Waals surface area contributed by atoms with E-state index in [-0.39, 0.29) is 5.91 Å². The first-order valence-corrected chi connectivity index (χ1v) is 11.0. The maximum Gasteiger partial charge on any atom is 0.290 e. The maximum atomic E-state index is 12.9. The molecule has 0 atom stereocenters. The lowest BCUT2D eigenvalue weighted by Crippen LogP contribution is -2.32. The van der Waals surface area contributed by atoms with Gasteiger partial charge in [0.05, 0.1) is 18.5 Å². The van der Waals surface area contributed by atoms with E-state index in [0.717, 1.165) is 48.5 Å². The molecule has 3 aromatic rings. The number of hydrogen-bond acceptors (Lipinski definition) is 6. The lowest BCUT2D eigenvalue weighted by molar-refractivity contribution is 0.0950. The predicted molar refractivity (Wildman–Crippen MR) is 126 cm³/mol. The Morgan fingerprint density at radius 1 is 1.06 bits per heavy atom. The fourth-order valence-electron chi connectivity index (χ4n) is 3.62. The van der Waals surface area contributed by atoms with Crippen molar-refractivity contribution in [1.29, 1.82) is 0 Å². The summed E-state index contributed by atoms with van der Waals surface area (Å²) in [6.07, 6.45) is 5.00. The second-order valence-corrected chi connectivity index (χ2v) is 7.56. The molecule has 0 unspecified atom stereocenters. The molecule has 2 aromatic carbocycles. The molecular formula is C25H27N5O2. The summed E-state index contributed by atoms with van der Waals surface area (Å²) in [7, 11) is 0. The van der Waals surface area contributed by atoms with Gasteiger partial charge < -0.3 is 9.64 Å². The third-order valence-electron chi connectivity index (χ3n) is 5.20. The maximum absolute atomic E-state index is 12.9. The van der Waals surface area contributed by atoms with Gasteiger partial charge in [-0.15, -0.1) is 0 Å². The van der Waals surface area contributed by atoms with Crippen molar-refractivity contribution in [1.82, 2.24) is 15.4 Å². The summed E-state index contributed by atoms with van der Waals surface area (Å²) in [5.74, 6) is 0.974. The zero-order valence-corrected chi connectivity index (χ0v) is 18.2. The number of nitrogens with zero attached hydrogens (tertiary/aromatic N) is 4. The van der Waals surface area contributed by atoms with E-state index in [4.69, 9.17) is 9.72 Å². The Bertz CT molecular complexity index is 1080. The minimum atomic E-state index is -0.375. The van der Waals surface area contributed by atoms with Crippen LogP contribution in [0.5, 0.6) is 5.75 Å². The molecule has 4 rings (SSSR count). The van der Waals surface area contributed by atoms with Gasteiger partial charge in [0.15, 0.2) is 0 Å². The monoisotopic (exact) mass is 429 g/mol. The number of amides is 1. The molecule has 0 saturated carbocycles. The van der Waals surface area contributed by atoms with Crippen LogP contribution in [0.25, 0.3) is 11.3 Å². The summed E-state index contributed by atoms with van der Waals surface area (Å²) in [6, 6.07) is 19.1. The molecule has 1 aromatic heterocycles. The van der Waals surface area contributed by atoms with Crippen LogP contribution in [-0.4, -0.2) is 41.8 Å². The molecule has 2 heterocycles. The number of aromatic nitrogens is 2. The summed E-state index contributed by atoms with van der Waals surface area (Å²) in [5.41, 5.74) is 5.38. The van der Waals surface area contributed by atoms with Crippen molar-refractivity contribution < 1.29 is 9.53 Å². The third kappa shape index (κ3) is 5.49. The van der Waals surface area contributed by atoms with Crippen LogP contribution in [0.1, 0.15) is 42.2 Å². The molecule has 1 saturated heterocycles. The Hall–Kier alpha value is -3.74. The minimum Gasteiger partial charge on any atom is -0.494 e. The van der Waals surface area contributed by atoms with E-state index in [1.54, 1.807) is 12.3 Å². The number of ether oxygens (including phenoxy) is 1. The molecule has 32 heavy (non-hydrogen) atoms. The fourth-order valence-corrected chi connectivity index (χ4v) is 3.62. The van der Waals surface area contributed by atoms with Crippen LogP contribution in [0.4, 0.5) is 5.95 Å². The highest BCUT2D eigenvalue weighted by atomic mass is 16.5. The predicted octanol–water partition coefficient (Wildman–Crippen LogP) is 4.30. The van der Waals surface area contributed by atoms with E-state index in [1.165, 1.54) is 6.42 Å². The number of piperidine rings is 1. The smallest absolute Gasteiger partial charge is 0.290 e. The van der Waals surface area contributed by atoms with E-state index in [0.29, 0.717) is 18.2 Å². The third-order valence-corrected chi connectivity index (χ3v) is 5.20. The highest BCUT2D eigenvalue weighted by Crippen LogP contribution is 2.23. The molecule has 1 aliphatic rings. The number of carbonyl (C=O) groups is 1. The number of hydrazone groups is 1. The molecule has 1 aliphatic heterocycles. The highest BCUT2D eigenvalue weighted by molar-refractivity contribution is 5.94. The standard InChI is InChI=1S/C25H27N5O2/c1-2-32-21-13-9-10-19(16-21)18-26-29-24(31)23-17-22(20-11-5-3-6-12-20)27-25(28-23)30-14-7-4-8-15-30/h3,5-6,9-13,16-18H,2,4,7-8,14-15H2,1H3,(H,29,31)/b26-18+. The number of carbonyl (C=O) groups excluding carboxylic acids is 1. The van der Waals surface area contributed by atoms with Crippen LogP contribution in [0.15, 0.2) is 65.8 Å². The van der Waals surface area contributed by atoms with Crippen LogP contribution in [0.3, 0.4) is 0 Å². The number of anilines is 1. The number of benzene rings is 2. The summed E-state index contributed by atoms with van der Waals surface area (Å²) < 4.78 is 5.50. The first-order chi connectivity index (χ1) is 15.7. The highest BCUT2D eigenvalue weighted by Gasteiger charge is 2.18. The average molecular weight is 430 g/mol. The average Bonchev–Trinajstić information content (AvgIpc) is 2.85. The van der Waals surface area contributed by atoms with E-state index < -0.39 is 0 Å².